The van der Waals surface area contributed by atoms with Gasteiger partial charge in [0.2, 0.25) is 12.2 Å². The van der Waals surface area contributed by atoms with Crippen LogP contribution in [0.5, 0.6) is 0 Å². The van der Waals surface area contributed by atoms with Gasteiger partial charge in [0, 0.05) is 31.6 Å². The molecule has 11 atom stereocenters. The number of aliphatic hydroxyl groups excluding tert-OH is 2. The fourth-order valence-electron chi connectivity index (χ4n) is 5.34. The number of hydrogen-bond acceptors (Lipinski definition) is 13. The van der Waals surface area contributed by atoms with Crippen molar-refractivity contribution in [3.05, 3.63) is 11.8 Å². The van der Waals surface area contributed by atoms with Crippen molar-refractivity contribution in [2.75, 3.05) is 39.8 Å². The summed E-state index contributed by atoms with van der Waals surface area (Å²) in [6.45, 7) is 4.27. The van der Waals surface area contributed by atoms with E-state index in [1.54, 1.807) is 7.05 Å². The van der Waals surface area contributed by atoms with Crippen LogP contribution in [0.3, 0.4) is 0 Å². The third-order valence-corrected chi connectivity index (χ3v) is 7.53. The molecule has 14 heteroatoms. The van der Waals surface area contributed by atoms with Gasteiger partial charge in [0.15, 0.2) is 6.29 Å². The Labute approximate surface area is 230 Å². The Morgan fingerprint density at radius 2 is 1.85 bits per heavy atom. The number of aliphatic hydroxyl groups is 2. The lowest BCUT2D eigenvalue weighted by atomic mass is 9.83. The van der Waals surface area contributed by atoms with Crippen molar-refractivity contribution < 1.29 is 34.0 Å². The normalized spacial score (nSPS) is 39.1. The summed E-state index contributed by atoms with van der Waals surface area (Å²) in [7, 11) is 1.76. The smallest absolute Gasteiger partial charge is 0.220 e. The second-order valence-electron chi connectivity index (χ2n) is 10.7. The molecule has 2 aliphatic heterocycles. The SMILES string of the molecule is CN[C@@H]1[C@@H](O)[C@@H](O[C@@H]2[C@@H](O)[C@H](O[C@H]3OC(CNCCN)=CC[C@H]3N)[C@@H](N)C[C@H]2NC(=O)CCCN)OC[C@H]1C. The minimum Gasteiger partial charge on any atom is -0.467 e. The molecule has 39 heavy (non-hydrogen) atoms. The molecule has 14 nitrogen and oxygen atoms in total. The molecule has 0 aromatic rings. The number of carbonyl (C=O) groups is 1. The predicted octanol–water partition coefficient (Wildman–Crippen LogP) is -3.48. The molecule has 0 bridgehead atoms. The molecule has 0 spiro atoms. The Balaban J connectivity index is 1.75. The van der Waals surface area contributed by atoms with Crippen molar-refractivity contribution in [2.45, 2.75) is 93.8 Å². The average molecular weight is 560 g/mol. The highest BCUT2D eigenvalue weighted by atomic mass is 16.7. The van der Waals surface area contributed by atoms with Gasteiger partial charge in [-0.05, 0) is 44.8 Å². The number of rotatable bonds is 13. The summed E-state index contributed by atoms with van der Waals surface area (Å²) < 4.78 is 24.2. The summed E-state index contributed by atoms with van der Waals surface area (Å²) >= 11 is 0. The summed E-state index contributed by atoms with van der Waals surface area (Å²) in [6.07, 6.45) is -2.66. The maximum atomic E-state index is 12.6. The van der Waals surface area contributed by atoms with Crippen molar-refractivity contribution in [2.24, 2.45) is 28.9 Å². The molecular weight excluding hydrogens is 510 g/mol. The molecule has 1 saturated heterocycles. The van der Waals surface area contributed by atoms with Gasteiger partial charge in [-0.2, -0.15) is 0 Å². The zero-order valence-corrected chi connectivity index (χ0v) is 23.0. The number of nitrogens with one attached hydrogen (secondary N) is 3. The van der Waals surface area contributed by atoms with Gasteiger partial charge in [-0.25, -0.2) is 0 Å². The Morgan fingerprint density at radius 1 is 1.10 bits per heavy atom. The van der Waals surface area contributed by atoms with Crippen molar-refractivity contribution in [3.8, 4) is 0 Å². The number of ether oxygens (including phenoxy) is 4. The third kappa shape index (κ3) is 8.53. The largest absolute Gasteiger partial charge is 0.467 e. The van der Waals surface area contributed by atoms with Gasteiger partial charge in [0.25, 0.3) is 0 Å². The second kappa shape index (κ2) is 15.5. The number of nitrogens with two attached hydrogens (primary N) is 4. The summed E-state index contributed by atoms with van der Waals surface area (Å²) in [5.74, 6) is 0.476. The maximum Gasteiger partial charge on any atom is 0.220 e. The Hall–Kier alpha value is -1.43. The molecule has 0 unspecified atom stereocenters. The number of carbonyl (C=O) groups excluding carboxylic acids is 1. The first-order valence-corrected chi connectivity index (χ1v) is 13.9. The van der Waals surface area contributed by atoms with Crippen LogP contribution in [0.15, 0.2) is 11.8 Å². The summed E-state index contributed by atoms with van der Waals surface area (Å²) in [5.41, 5.74) is 23.8. The van der Waals surface area contributed by atoms with E-state index < -0.39 is 55.1 Å². The first-order chi connectivity index (χ1) is 18.7. The van der Waals surface area contributed by atoms with Crippen LogP contribution in [-0.2, 0) is 23.7 Å². The molecule has 0 radical (unpaired) electrons. The summed E-state index contributed by atoms with van der Waals surface area (Å²) in [4.78, 5) is 12.6. The highest BCUT2D eigenvalue weighted by Crippen LogP contribution is 2.31. The van der Waals surface area contributed by atoms with Crippen LogP contribution in [0, 0.1) is 5.92 Å². The molecule has 2 heterocycles. The highest BCUT2D eigenvalue weighted by Gasteiger charge is 2.49. The lowest BCUT2D eigenvalue weighted by Gasteiger charge is -2.47. The molecule has 0 aromatic heterocycles. The van der Waals surface area contributed by atoms with E-state index in [0.717, 1.165) is 0 Å². The molecule has 1 saturated carbocycles. The van der Waals surface area contributed by atoms with E-state index in [1.165, 1.54) is 0 Å². The number of amides is 1. The first kappa shape index (κ1) is 32.1. The van der Waals surface area contributed by atoms with E-state index in [4.69, 9.17) is 41.9 Å². The van der Waals surface area contributed by atoms with Gasteiger partial charge >= 0.3 is 0 Å². The van der Waals surface area contributed by atoms with E-state index in [9.17, 15) is 15.0 Å². The van der Waals surface area contributed by atoms with Gasteiger partial charge in [0.1, 0.15) is 30.2 Å². The molecule has 1 aliphatic carbocycles. The molecule has 13 N–H and O–H groups in total. The Morgan fingerprint density at radius 3 is 2.54 bits per heavy atom. The lowest BCUT2D eigenvalue weighted by molar-refractivity contribution is -0.287. The van der Waals surface area contributed by atoms with Crippen molar-refractivity contribution in [3.63, 3.8) is 0 Å². The zero-order chi connectivity index (χ0) is 28.5. The molecule has 0 aromatic carbocycles. The third-order valence-electron chi connectivity index (χ3n) is 7.53. The van der Waals surface area contributed by atoms with Gasteiger partial charge in [-0.15, -0.1) is 0 Å². The van der Waals surface area contributed by atoms with Crippen LogP contribution >= 0.6 is 0 Å². The second-order valence-corrected chi connectivity index (χ2v) is 10.7. The quantitative estimate of drug-likeness (QED) is 0.0998. The van der Waals surface area contributed by atoms with Gasteiger partial charge in [-0.3, -0.25) is 4.79 Å². The summed E-state index contributed by atoms with van der Waals surface area (Å²) in [6, 6.07) is -2.07. The number of likely N-dealkylation sites (N-methyl/N-ethyl adjacent to an activating group) is 1. The Bertz CT molecular complexity index is 794. The van der Waals surface area contributed by atoms with Crippen LogP contribution in [0.1, 0.15) is 32.6 Å². The fraction of sp³-hybridized carbons (Fsp3) is 0.880. The topological polar surface area (TPSA) is 235 Å². The van der Waals surface area contributed by atoms with Gasteiger partial charge < -0.3 is 68.0 Å². The predicted molar refractivity (Wildman–Crippen MR) is 144 cm³/mol. The van der Waals surface area contributed by atoms with Crippen molar-refractivity contribution in [1.29, 1.82) is 0 Å². The summed E-state index contributed by atoms with van der Waals surface area (Å²) in [5, 5.41) is 31.6. The zero-order valence-electron chi connectivity index (χ0n) is 23.0. The molecule has 1 amide bonds. The van der Waals surface area contributed by atoms with E-state index in [0.29, 0.717) is 51.4 Å². The van der Waals surface area contributed by atoms with Crippen LogP contribution in [-0.4, -0.2) is 117 Å². The van der Waals surface area contributed by atoms with E-state index in [2.05, 4.69) is 16.0 Å². The lowest BCUT2D eigenvalue weighted by Crippen LogP contribution is -2.67. The van der Waals surface area contributed by atoms with E-state index >= 15 is 0 Å². The highest BCUT2D eigenvalue weighted by molar-refractivity contribution is 5.76. The fourth-order valence-corrected chi connectivity index (χ4v) is 5.34. The monoisotopic (exact) mass is 559 g/mol. The number of hydrogen-bond donors (Lipinski definition) is 9. The van der Waals surface area contributed by atoms with Crippen LogP contribution < -0.4 is 38.9 Å². The molecule has 226 valence electrons. The standard InChI is InChI=1S/C25H49N7O7/c1-13-12-36-25(20(34)19(13)30-2)39-23-17(32-18(33)4-3-7-26)10-16(29)22(21(23)35)38-24-15(28)6-5-14(37-24)11-31-9-8-27/h5,13,15-17,19-25,30-31,34-35H,3-4,6-12,26-29H2,1-2H3,(H,32,33)/t13-,15-,16+,17-,19+,20-,21+,22-,23+,24-,25-/m1/s1. The average Bonchev–Trinajstić information content (AvgIpc) is 2.90. The molecule has 3 rings (SSSR count). The molecule has 2 fully saturated rings. The van der Waals surface area contributed by atoms with Crippen LogP contribution in [0.2, 0.25) is 0 Å². The van der Waals surface area contributed by atoms with Gasteiger partial charge in [0.05, 0.1) is 25.2 Å². The van der Waals surface area contributed by atoms with Crippen molar-refractivity contribution in [1.82, 2.24) is 16.0 Å². The van der Waals surface area contributed by atoms with Gasteiger partial charge in [-0.1, -0.05) is 6.92 Å². The maximum absolute atomic E-state index is 12.6. The minimum absolute atomic E-state index is 0.0453. The minimum atomic E-state index is -1.28. The van der Waals surface area contributed by atoms with Crippen LogP contribution in [0.25, 0.3) is 0 Å². The molecule has 3 aliphatic rings. The van der Waals surface area contributed by atoms with Crippen LogP contribution in [0.4, 0.5) is 0 Å². The Kier molecular flexibility index (Phi) is 12.8. The van der Waals surface area contributed by atoms with Crippen molar-refractivity contribution >= 4 is 5.91 Å². The first-order valence-electron chi connectivity index (χ1n) is 13.9. The van der Waals surface area contributed by atoms with E-state index in [-0.39, 0.29) is 30.7 Å². The molecular formula is C25H49N7O7. The van der Waals surface area contributed by atoms with E-state index in [1.807, 2.05) is 13.0 Å².